The zero-order valence-corrected chi connectivity index (χ0v) is 22.2. The van der Waals surface area contributed by atoms with Gasteiger partial charge in [0, 0.05) is 29.8 Å². The third-order valence-corrected chi connectivity index (χ3v) is 6.30. The maximum absolute atomic E-state index is 13.1. The van der Waals surface area contributed by atoms with Crippen molar-refractivity contribution >= 4 is 28.6 Å². The topological polar surface area (TPSA) is 109 Å². The van der Waals surface area contributed by atoms with E-state index in [0.717, 1.165) is 11.1 Å². The van der Waals surface area contributed by atoms with Gasteiger partial charge >= 0.3 is 18.1 Å². The fraction of sp³-hybridized carbons (Fsp3) is 0.226. The molecule has 0 saturated heterocycles. The van der Waals surface area contributed by atoms with Gasteiger partial charge in [-0.05, 0) is 67.6 Å². The fourth-order valence-electron chi connectivity index (χ4n) is 4.41. The predicted molar refractivity (Wildman–Crippen MR) is 146 cm³/mol. The smallest absolute Gasteiger partial charge is 0.456 e. The van der Waals surface area contributed by atoms with Crippen molar-refractivity contribution in [1.82, 2.24) is 0 Å². The van der Waals surface area contributed by atoms with Gasteiger partial charge in [-0.1, -0.05) is 36.4 Å². The van der Waals surface area contributed by atoms with Gasteiger partial charge in [0.1, 0.15) is 11.3 Å². The highest BCUT2D eigenvalue weighted by Crippen LogP contribution is 2.27. The highest BCUT2D eigenvalue weighted by Gasteiger charge is 2.42. The third-order valence-electron chi connectivity index (χ3n) is 6.30. The lowest BCUT2D eigenvalue weighted by Crippen LogP contribution is -2.28. The molecule has 0 radical (unpaired) electrons. The van der Waals surface area contributed by atoms with E-state index in [-0.39, 0.29) is 29.1 Å². The number of esters is 2. The van der Waals surface area contributed by atoms with Crippen molar-refractivity contribution in [2.75, 3.05) is 11.9 Å². The molecule has 0 fully saturated rings. The van der Waals surface area contributed by atoms with Gasteiger partial charge in [-0.25, -0.2) is 9.59 Å². The van der Waals surface area contributed by atoms with Crippen LogP contribution in [0.3, 0.4) is 0 Å². The van der Waals surface area contributed by atoms with Crippen molar-refractivity contribution < 1.29 is 31.9 Å². The molecular weight excluding hydrogens is 537 g/mol. The van der Waals surface area contributed by atoms with Crippen LogP contribution in [-0.2, 0) is 22.4 Å². The molecule has 7 nitrogen and oxygen atoms in total. The predicted octanol–water partition coefficient (Wildman–Crippen LogP) is 6.37. The first-order valence-electron chi connectivity index (χ1n) is 12.7. The van der Waals surface area contributed by atoms with E-state index in [1.165, 1.54) is 24.3 Å². The number of nitrogens with zero attached hydrogens (tertiary/aromatic N) is 1. The van der Waals surface area contributed by atoms with Gasteiger partial charge in [-0.2, -0.15) is 18.4 Å². The molecule has 0 aliphatic rings. The molecule has 210 valence electrons. The Morgan fingerprint density at radius 1 is 1.07 bits per heavy atom. The van der Waals surface area contributed by atoms with E-state index in [1.54, 1.807) is 12.1 Å². The first kappa shape index (κ1) is 29.1. The van der Waals surface area contributed by atoms with E-state index in [2.05, 4.69) is 16.1 Å². The standard InChI is InChI=1S/C31H25F3N2O5/c1-18-13-22(10-11-36-25-9-4-3-8-23(25)29(38)41-30(39)31(32,33)34)28-24(14-18)26(37)16-27(40-28)21-7-5-6-20(15-21)12-19(2)17-35/h3-9,13-16,19,36H,10-12H2,1-2H3/t19-/m0/s1. The Balaban J connectivity index is 1.60. The van der Waals surface area contributed by atoms with Gasteiger partial charge in [0.15, 0.2) is 5.43 Å². The lowest BCUT2D eigenvalue weighted by Gasteiger charge is -2.13. The zero-order chi connectivity index (χ0) is 29.7. The molecular formula is C31H25F3N2O5. The lowest BCUT2D eigenvalue weighted by molar-refractivity contribution is -0.193. The number of hydrogen-bond donors (Lipinski definition) is 1. The zero-order valence-electron chi connectivity index (χ0n) is 22.2. The molecule has 0 aliphatic heterocycles. The summed E-state index contributed by atoms with van der Waals surface area (Å²) in [6, 6.07) is 20.4. The van der Waals surface area contributed by atoms with Crippen molar-refractivity contribution in [3.63, 3.8) is 0 Å². The number of para-hydroxylation sites is 1. The first-order valence-corrected chi connectivity index (χ1v) is 12.7. The fourth-order valence-corrected chi connectivity index (χ4v) is 4.41. The summed E-state index contributed by atoms with van der Waals surface area (Å²) in [4.78, 5) is 36.4. The maximum atomic E-state index is 13.1. The van der Waals surface area contributed by atoms with Crippen LogP contribution in [0.25, 0.3) is 22.3 Å². The van der Waals surface area contributed by atoms with E-state index < -0.39 is 18.1 Å². The molecule has 1 atom stereocenters. The van der Waals surface area contributed by atoms with E-state index >= 15 is 0 Å². The molecule has 0 amide bonds. The Labute approximate surface area is 233 Å². The molecule has 0 saturated carbocycles. The molecule has 1 aromatic heterocycles. The van der Waals surface area contributed by atoms with Gasteiger partial charge in [0.25, 0.3) is 0 Å². The average Bonchev–Trinajstić information content (AvgIpc) is 2.93. The monoisotopic (exact) mass is 562 g/mol. The van der Waals surface area contributed by atoms with Crippen LogP contribution in [0.5, 0.6) is 0 Å². The SMILES string of the molecule is Cc1cc(CCNc2ccccc2C(=O)OC(=O)C(F)(F)F)c2oc(-c3cccc(C[C@H](C)C#N)c3)cc(=O)c2c1. The van der Waals surface area contributed by atoms with Crippen molar-refractivity contribution in [3.8, 4) is 17.4 Å². The number of carbonyl (C=O) groups is 2. The van der Waals surface area contributed by atoms with Gasteiger partial charge in [0.05, 0.1) is 17.0 Å². The minimum atomic E-state index is -5.30. The minimum Gasteiger partial charge on any atom is -0.456 e. The second-order valence-electron chi connectivity index (χ2n) is 9.61. The average molecular weight is 563 g/mol. The van der Waals surface area contributed by atoms with Crippen LogP contribution in [0, 0.1) is 24.2 Å². The summed E-state index contributed by atoms with van der Waals surface area (Å²) in [7, 11) is 0. The van der Waals surface area contributed by atoms with Crippen molar-refractivity contribution in [3.05, 3.63) is 99.2 Å². The molecule has 4 aromatic rings. The van der Waals surface area contributed by atoms with Crippen molar-refractivity contribution in [2.45, 2.75) is 32.9 Å². The van der Waals surface area contributed by atoms with Gasteiger partial charge in [-0.15, -0.1) is 0 Å². The third kappa shape index (κ3) is 7.00. The number of rotatable bonds is 8. The second-order valence-corrected chi connectivity index (χ2v) is 9.61. The largest absolute Gasteiger partial charge is 0.491 e. The number of aryl methyl sites for hydroxylation is 1. The highest BCUT2D eigenvalue weighted by atomic mass is 19.4. The summed E-state index contributed by atoms with van der Waals surface area (Å²) in [5.74, 6) is -3.83. The van der Waals surface area contributed by atoms with Crippen molar-refractivity contribution in [1.29, 1.82) is 5.26 Å². The quantitative estimate of drug-likeness (QED) is 0.196. The summed E-state index contributed by atoms with van der Waals surface area (Å²) in [6.45, 7) is 3.88. The van der Waals surface area contributed by atoms with Crippen molar-refractivity contribution in [2.24, 2.45) is 5.92 Å². The number of alkyl halides is 3. The van der Waals surface area contributed by atoms with Crippen LogP contribution in [0.15, 0.2) is 75.9 Å². The number of halogens is 3. The molecule has 1 N–H and O–H groups in total. The summed E-state index contributed by atoms with van der Waals surface area (Å²) in [6.07, 6.45) is -4.42. The second kappa shape index (κ2) is 12.1. The number of hydrogen-bond acceptors (Lipinski definition) is 7. The number of nitrogens with one attached hydrogen (secondary N) is 1. The Bertz CT molecular complexity index is 1720. The van der Waals surface area contributed by atoms with Crippen LogP contribution in [0.2, 0.25) is 0 Å². The number of carbonyl (C=O) groups excluding carboxylic acids is 2. The van der Waals surface area contributed by atoms with E-state index in [0.29, 0.717) is 40.7 Å². The van der Waals surface area contributed by atoms with Gasteiger partial charge in [-0.3, -0.25) is 4.79 Å². The number of nitriles is 1. The van der Waals surface area contributed by atoms with Crippen LogP contribution >= 0.6 is 0 Å². The molecule has 4 rings (SSSR count). The van der Waals surface area contributed by atoms with Gasteiger partial charge < -0.3 is 14.5 Å². The number of anilines is 1. The Hall–Kier alpha value is -4.91. The molecule has 0 bridgehead atoms. The summed E-state index contributed by atoms with van der Waals surface area (Å²) >= 11 is 0. The van der Waals surface area contributed by atoms with Crippen LogP contribution < -0.4 is 10.7 Å². The van der Waals surface area contributed by atoms with E-state index in [4.69, 9.17) is 9.68 Å². The molecule has 41 heavy (non-hydrogen) atoms. The lowest BCUT2D eigenvalue weighted by atomic mass is 9.99. The van der Waals surface area contributed by atoms with Crippen LogP contribution in [0.1, 0.15) is 34.0 Å². The minimum absolute atomic E-state index is 0.173. The molecule has 10 heteroatoms. The first-order chi connectivity index (χ1) is 19.5. The summed E-state index contributed by atoms with van der Waals surface area (Å²) < 4.78 is 47.8. The summed E-state index contributed by atoms with van der Waals surface area (Å²) in [5.41, 5.74) is 3.26. The molecule has 3 aromatic carbocycles. The Morgan fingerprint density at radius 3 is 2.56 bits per heavy atom. The normalized spacial score (nSPS) is 12.0. The van der Waals surface area contributed by atoms with E-state index in [1.807, 2.05) is 44.2 Å². The number of benzene rings is 3. The Kier molecular flexibility index (Phi) is 8.57. The summed E-state index contributed by atoms with van der Waals surface area (Å²) in [5, 5.41) is 12.5. The van der Waals surface area contributed by atoms with Gasteiger partial charge in [0.2, 0.25) is 0 Å². The maximum Gasteiger partial charge on any atom is 0.491 e. The number of ether oxygens (including phenoxy) is 1. The van der Waals surface area contributed by atoms with Crippen LogP contribution in [-0.4, -0.2) is 24.7 Å². The van der Waals surface area contributed by atoms with E-state index in [9.17, 15) is 27.6 Å². The van der Waals surface area contributed by atoms with Crippen LogP contribution in [0.4, 0.5) is 18.9 Å². The Morgan fingerprint density at radius 2 is 1.83 bits per heavy atom. The molecule has 0 spiro atoms. The molecule has 0 aliphatic carbocycles. The number of fused-ring (bicyclic) bond motifs is 1. The molecule has 1 heterocycles. The highest BCUT2D eigenvalue weighted by molar-refractivity contribution is 6.02. The molecule has 0 unspecified atom stereocenters.